The van der Waals surface area contributed by atoms with Gasteiger partial charge in [0.1, 0.15) is 0 Å². The summed E-state index contributed by atoms with van der Waals surface area (Å²) in [4.78, 5) is 0. The molecule has 0 aromatic carbocycles. The third kappa shape index (κ3) is 8.29. The van der Waals surface area contributed by atoms with E-state index in [4.69, 9.17) is 4.74 Å². The van der Waals surface area contributed by atoms with Gasteiger partial charge in [-0.25, -0.2) is 0 Å². The first kappa shape index (κ1) is 16.5. The average Bonchev–Trinajstić information content (AvgIpc) is 2.31. The molecular formula is C16H32O. The second-order valence-electron chi connectivity index (χ2n) is 5.24. The van der Waals surface area contributed by atoms with Crippen LogP contribution in [0.2, 0.25) is 0 Å². The summed E-state index contributed by atoms with van der Waals surface area (Å²) in [6, 6.07) is 0. The normalized spacial score (nSPS) is 14.1. The van der Waals surface area contributed by atoms with Gasteiger partial charge in [-0.05, 0) is 30.8 Å². The van der Waals surface area contributed by atoms with Crippen LogP contribution in [0.25, 0.3) is 0 Å². The number of unbranched alkanes of at least 4 members (excludes halogenated alkanes) is 2. The molecule has 0 N–H and O–H groups in total. The molecule has 0 rings (SSSR count). The summed E-state index contributed by atoms with van der Waals surface area (Å²) in [5.41, 5.74) is 0. The molecule has 1 heteroatoms. The molecule has 17 heavy (non-hydrogen) atoms. The fraction of sp³-hybridized carbons (Fsp3) is 0.875. The molecule has 0 spiro atoms. The van der Waals surface area contributed by atoms with Crippen LogP contribution in [0, 0.1) is 11.8 Å². The van der Waals surface area contributed by atoms with Crippen LogP contribution in [-0.2, 0) is 4.74 Å². The number of rotatable bonds is 10. The summed E-state index contributed by atoms with van der Waals surface area (Å²) in [7, 11) is 0. The number of allylic oxidation sites excluding steroid dienone is 2. The van der Waals surface area contributed by atoms with Gasteiger partial charge in [-0.1, -0.05) is 53.9 Å². The van der Waals surface area contributed by atoms with Crippen molar-refractivity contribution in [1.29, 1.82) is 0 Å². The molecule has 0 aliphatic carbocycles. The first-order valence-electron chi connectivity index (χ1n) is 7.47. The Kier molecular flexibility index (Phi) is 10.4. The Hall–Kier alpha value is -0.460. The van der Waals surface area contributed by atoms with Crippen LogP contribution >= 0.6 is 0 Å². The van der Waals surface area contributed by atoms with E-state index in [0.29, 0.717) is 5.92 Å². The smallest absolute Gasteiger partial charge is 0.0917 e. The van der Waals surface area contributed by atoms with Gasteiger partial charge in [0.15, 0.2) is 0 Å². The number of ether oxygens (including phenoxy) is 1. The molecule has 0 aliphatic heterocycles. The highest BCUT2D eigenvalue weighted by Gasteiger charge is 2.14. The van der Waals surface area contributed by atoms with Crippen LogP contribution in [0.15, 0.2) is 11.8 Å². The van der Waals surface area contributed by atoms with Gasteiger partial charge in [0.25, 0.3) is 0 Å². The lowest BCUT2D eigenvalue weighted by Gasteiger charge is -2.22. The summed E-state index contributed by atoms with van der Waals surface area (Å²) in [5.74, 6) is 2.62. The van der Waals surface area contributed by atoms with E-state index in [1.165, 1.54) is 31.4 Å². The molecule has 0 aromatic heterocycles. The zero-order valence-corrected chi connectivity index (χ0v) is 12.6. The first-order chi connectivity index (χ1) is 8.15. The van der Waals surface area contributed by atoms with E-state index in [1.54, 1.807) is 0 Å². The molecule has 0 saturated carbocycles. The van der Waals surface area contributed by atoms with Crippen LogP contribution < -0.4 is 0 Å². The van der Waals surface area contributed by atoms with Crippen molar-refractivity contribution >= 4 is 0 Å². The topological polar surface area (TPSA) is 9.23 Å². The molecule has 0 bridgehead atoms. The van der Waals surface area contributed by atoms with E-state index in [2.05, 4.69) is 40.7 Å². The molecule has 0 radical (unpaired) electrons. The van der Waals surface area contributed by atoms with Gasteiger partial charge in [0, 0.05) is 6.42 Å². The molecule has 102 valence electrons. The maximum absolute atomic E-state index is 5.95. The third-order valence-electron chi connectivity index (χ3n) is 3.38. The molecule has 0 aromatic rings. The molecule has 0 fully saturated rings. The van der Waals surface area contributed by atoms with Crippen molar-refractivity contribution < 1.29 is 4.74 Å². The minimum Gasteiger partial charge on any atom is -0.498 e. The molecule has 0 heterocycles. The summed E-state index contributed by atoms with van der Waals surface area (Å²) in [5, 5.41) is 0. The van der Waals surface area contributed by atoms with Gasteiger partial charge in [-0.3, -0.25) is 0 Å². The lowest BCUT2D eigenvalue weighted by atomic mass is 9.91. The van der Waals surface area contributed by atoms with E-state index in [0.717, 1.165) is 25.4 Å². The Morgan fingerprint density at radius 1 is 1.12 bits per heavy atom. The average molecular weight is 240 g/mol. The van der Waals surface area contributed by atoms with E-state index < -0.39 is 0 Å². The van der Waals surface area contributed by atoms with Crippen LogP contribution in [-0.4, -0.2) is 6.61 Å². The predicted molar refractivity (Wildman–Crippen MR) is 77.1 cm³/mol. The van der Waals surface area contributed by atoms with Crippen molar-refractivity contribution in [3.8, 4) is 0 Å². The maximum atomic E-state index is 5.95. The van der Waals surface area contributed by atoms with E-state index >= 15 is 0 Å². The Morgan fingerprint density at radius 2 is 1.82 bits per heavy atom. The minimum atomic E-state index is 0.716. The molecule has 0 saturated heterocycles. The van der Waals surface area contributed by atoms with Crippen molar-refractivity contribution in [1.82, 2.24) is 0 Å². The van der Waals surface area contributed by atoms with E-state index in [9.17, 15) is 0 Å². The van der Waals surface area contributed by atoms with Gasteiger partial charge in [0.2, 0.25) is 0 Å². The zero-order chi connectivity index (χ0) is 13.1. The SMILES string of the molecule is CC/C=C(\CC)OCC(CCCCC)C(C)C. The third-order valence-corrected chi connectivity index (χ3v) is 3.38. The van der Waals surface area contributed by atoms with Gasteiger partial charge in [-0.15, -0.1) is 0 Å². The molecule has 1 nitrogen and oxygen atoms in total. The lowest BCUT2D eigenvalue weighted by Crippen LogP contribution is -2.16. The summed E-state index contributed by atoms with van der Waals surface area (Å²) in [6.07, 6.45) is 9.63. The van der Waals surface area contributed by atoms with Gasteiger partial charge >= 0.3 is 0 Å². The maximum Gasteiger partial charge on any atom is 0.0917 e. The molecule has 1 atom stereocenters. The fourth-order valence-corrected chi connectivity index (χ4v) is 2.01. The Bertz CT molecular complexity index is 194. The minimum absolute atomic E-state index is 0.716. The van der Waals surface area contributed by atoms with Crippen molar-refractivity contribution in [2.24, 2.45) is 11.8 Å². The summed E-state index contributed by atoms with van der Waals surface area (Å²) >= 11 is 0. The number of hydrogen-bond acceptors (Lipinski definition) is 1. The van der Waals surface area contributed by atoms with E-state index in [-0.39, 0.29) is 0 Å². The monoisotopic (exact) mass is 240 g/mol. The van der Waals surface area contributed by atoms with Crippen molar-refractivity contribution in [3.05, 3.63) is 11.8 Å². The predicted octanol–water partition coefficient (Wildman–Crippen LogP) is 5.56. The Labute approximate surface area is 109 Å². The Balaban J connectivity index is 4.02. The molecular weight excluding hydrogens is 208 g/mol. The second kappa shape index (κ2) is 10.7. The van der Waals surface area contributed by atoms with Crippen molar-refractivity contribution in [2.45, 2.75) is 73.1 Å². The standard InChI is InChI=1S/C16H32O/c1-6-9-10-12-15(14(4)5)13-17-16(8-3)11-7-2/h11,14-15H,6-10,12-13H2,1-5H3/b16-11+. The van der Waals surface area contributed by atoms with Gasteiger partial charge in [0.05, 0.1) is 12.4 Å². The Morgan fingerprint density at radius 3 is 2.29 bits per heavy atom. The lowest BCUT2D eigenvalue weighted by molar-refractivity contribution is 0.127. The summed E-state index contributed by atoms with van der Waals surface area (Å²) in [6.45, 7) is 12.1. The van der Waals surface area contributed by atoms with Crippen LogP contribution in [0.5, 0.6) is 0 Å². The second-order valence-corrected chi connectivity index (χ2v) is 5.24. The highest BCUT2D eigenvalue weighted by Crippen LogP contribution is 2.21. The van der Waals surface area contributed by atoms with Crippen molar-refractivity contribution in [3.63, 3.8) is 0 Å². The van der Waals surface area contributed by atoms with Crippen molar-refractivity contribution in [2.75, 3.05) is 6.61 Å². The number of hydrogen-bond donors (Lipinski definition) is 0. The largest absolute Gasteiger partial charge is 0.498 e. The highest BCUT2D eigenvalue weighted by molar-refractivity contribution is 4.91. The fourth-order valence-electron chi connectivity index (χ4n) is 2.01. The quantitative estimate of drug-likeness (QED) is 0.359. The first-order valence-corrected chi connectivity index (χ1v) is 7.47. The van der Waals surface area contributed by atoms with E-state index in [1.807, 2.05) is 0 Å². The van der Waals surface area contributed by atoms with Gasteiger partial charge in [-0.2, -0.15) is 0 Å². The molecule has 0 amide bonds. The van der Waals surface area contributed by atoms with Crippen LogP contribution in [0.3, 0.4) is 0 Å². The van der Waals surface area contributed by atoms with Gasteiger partial charge < -0.3 is 4.74 Å². The summed E-state index contributed by atoms with van der Waals surface area (Å²) < 4.78 is 5.95. The van der Waals surface area contributed by atoms with Crippen LogP contribution in [0.1, 0.15) is 73.1 Å². The highest BCUT2D eigenvalue weighted by atomic mass is 16.5. The molecule has 1 unspecified atom stereocenters. The molecule has 0 aliphatic rings. The zero-order valence-electron chi connectivity index (χ0n) is 12.6. The van der Waals surface area contributed by atoms with Crippen LogP contribution in [0.4, 0.5) is 0 Å².